The summed E-state index contributed by atoms with van der Waals surface area (Å²) in [5.74, 6) is -0.241. The van der Waals surface area contributed by atoms with Crippen LogP contribution in [0.1, 0.15) is 21.5 Å². The number of rotatable bonds is 5. The van der Waals surface area contributed by atoms with Gasteiger partial charge in [0, 0.05) is 32.4 Å². The SMILES string of the molecule is Cc1cc(C)cc(NC(=O)c2ccc(N(C)S(=O)(=O)N(C)C)cc2)c1. The highest BCUT2D eigenvalue weighted by Crippen LogP contribution is 2.19. The second-order valence-corrected chi connectivity index (χ2v) is 8.31. The van der Waals surface area contributed by atoms with Crippen LogP contribution in [0.3, 0.4) is 0 Å². The van der Waals surface area contributed by atoms with Gasteiger partial charge in [0.2, 0.25) is 0 Å². The second kappa shape index (κ2) is 7.25. The van der Waals surface area contributed by atoms with E-state index in [-0.39, 0.29) is 5.91 Å². The molecule has 2 rings (SSSR count). The molecule has 25 heavy (non-hydrogen) atoms. The average Bonchev–Trinajstić information content (AvgIpc) is 2.53. The number of nitrogens with zero attached hydrogens (tertiary/aromatic N) is 2. The van der Waals surface area contributed by atoms with Crippen LogP contribution in [0.15, 0.2) is 42.5 Å². The minimum Gasteiger partial charge on any atom is -0.322 e. The monoisotopic (exact) mass is 361 g/mol. The maximum Gasteiger partial charge on any atom is 0.303 e. The lowest BCUT2D eigenvalue weighted by molar-refractivity contribution is 0.102. The van der Waals surface area contributed by atoms with Gasteiger partial charge in [-0.15, -0.1) is 0 Å². The van der Waals surface area contributed by atoms with Crippen LogP contribution in [-0.4, -0.2) is 39.8 Å². The van der Waals surface area contributed by atoms with Crippen LogP contribution < -0.4 is 9.62 Å². The third-order valence-electron chi connectivity index (χ3n) is 3.78. The highest BCUT2D eigenvalue weighted by Gasteiger charge is 2.21. The van der Waals surface area contributed by atoms with E-state index >= 15 is 0 Å². The Balaban J connectivity index is 2.18. The minimum absolute atomic E-state index is 0.241. The first-order valence-electron chi connectivity index (χ1n) is 7.77. The van der Waals surface area contributed by atoms with Crippen molar-refractivity contribution in [3.8, 4) is 0 Å². The van der Waals surface area contributed by atoms with Gasteiger partial charge in [-0.1, -0.05) is 6.07 Å². The van der Waals surface area contributed by atoms with Gasteiger partial charge in [-0.25, -0.2) is 0 Å². The van der Waals surface area contributed by atoms with Crippen LogP contribution in [0.25, 0.3) is 0 Å². The van der Waals surface area contributed by atoms with Crippen LogP contribution in [0.2, 0.25) is 0 Å². The lowest BCUT2D eigenvalue weighted by atomic mass is 10.1. The molecule has 0 fully saturated rings. The zero-order chi connectivity index (χ0) is 18.8. The lowest BCUT2D eigenvalue weighted by Gasteiger charge is -2.23. The molecule has 0 saturated heterocycles. The molecule has 1 amide bonds. The third-order valence-corrected chi connectivity index (χ3v) is 5.61. The summed E-state index contributed by atoms with van der Waals surface area (Å²) < 4.78 is 26.6. The fraction of sp³-hybridized carbons (Fsp3) is 0.278. The van der Waals surface area contributed by atoms with Crippen LogP contribution in [0.5, 0.6) is 0 Å². The van der Waals surface area contributed by atoms with Gasteiger partial charge in [0.15, 0.2) is 0 Å². The molecular formula is C18H23N3O3S. The predicted molar refractivity (Wildman–Crippen MR) is 101 cm³/mol. The van der Waals surface area contributed by atoms with Crippen molar-refractivity contribution in [2.75, 3.05) is 30.8 Å². The molecule has 1 N–H and O–H groups in total. The molecule has 0 aliphatic carbocycles. The molecule has 0 heterocycles. The molecule has 6 nitrogen and oxygen atoms in total. The fourth-order valence-electron chi connectivity index (χ4n) is 2.45. The molecule has 0 aliphatic rings. The summed E-state index contributed by atoms with van der Waals surface area (Å²) in [6, 6.07) is 12.3. The molecule has 134 valence electrons. The van der Waals surface area contributed by atoms with Crippen molar-refractivity contribution >= 4 is 27.5 Å². The van der Waals surface area contributed by atoms with E-state index in [4.69, 9.17) is 0 Å². The van der Waals surface area contributed by atoms with E-state index < -0.39 is 10.2 Å². The number of carbonyl (C=O) groups is 1. The van der Waals surface area contributed by atoms with Crippen LogP contribution >= 0.6 is 0 Å². The summed E-state index contributed by atoms with van der Waals surface area (Å²) in [4.78, 5) is 12.4. The Hall–Kier alpha value is -2.38. The summed E-state index contributed by atoms with van der Waals surface area (Å²) >= 11 is 0. The predicted octanol–water partition coefficient (Wildman–Crippen LogP) is 2.80. The molecule has 2 aromatic rings. The second-order valence-electron chi connectivity index (χ2n) is 6.14. The molecule has 0 saturated carbocycles. The zero-order valence-electron chi connectivity index (χ0n) is 15.1. The van der Waals surface area contributed by atoms with E-state index in [2.05, 4.69) is 5.32 Å². The molecule has 0 aliphatic heterocycles. The summed E-state index contributed by atoms with van der Waals surface area (Å²) in [5, 5.41) is 2.86. The summed E-state index contributed by atoms with van der Waals surface area (Å²) in [6.07, 6.45) is 0. The highest BCUT2D eigenvalue weighted by molar-refractivity contribution is 7.90. The maximum absolute atomic E-state index is 12.4. The number of benzene rings is 2. The molecule has 0 radical (unpaired) electrons. The minimum atomic E-state index is -3.56. The van der Waals surface area contributed by atoms with Gasteiger partial charge in [0.1, 0.15) is 0 Å². The normalized spacial score (nSPS) is 11.4. The van der Waals surface area contributed by atoms with Crippen molar-refractivity contribution in [3.05, 3.63) is 59.2 Å². The van der Waals surface area contributed by atoms with E-state index in [1.807, 2.05) is 32.0 Å². The number of carbonyl (C=O) groups excluding carboxylic acids is 1. The molecule has 0 spiro atoms. The van der Waals surface area contributed by atoms with Crippen molar-refractivity contribution in [2.24, 2.45) is 0 Å². The van der Waals surface area contributed by atoms with E-state index in [1.54, 1.807) is 24.3 Å². The highest BCUT2D eigenvalue weighted by atomic mass is 32.2. The Morgan fingerprint density at radius 1 is 0.920 bits per heavy atom. The van der Waals surface area contributed by atoms with E-state index in [9.17, 15) is 13.2 Å². The number of hydrogen-bond acceptors (Lipinski definition) is 3. The third kappa shape index (κ3) is 4.37. The van der Waals surface area contributed by atoms with Gasteiger partial charge < -0.3 is 5.32 Å². The summed E-state index contributed by atoms with van der Waals surface area (Å²) in [5.41, 5.74) is 3.82. The Labute approximate surface area is 149 Å². The van der Waals surface area contributed by atoms with E-state index in [0.717, 1.165) is 21.1 Å². The van der Waals surface area contributed by atoms with Crippen molar-refractivity contribution in [2.45, 2.75) is 13.8 Å². The molecule has 0 unspecified atom stereocenters. The van der Waals surface area contributed by atoms with Crippen LogP contribution in [0.4, 0.5) is 11.4 Å². The zero-order valence-corrected chi connectivity index (χ0v) is 15.9. The van der Waals surface area contributed by atoms with Crippen molar-refractivity contribution in [1.82, 2.24) is 4.31 Å². The smallest absolute Gasteiger partial charge is 0.303 e. The average molecular weight is 361 g/mol. The largest absolute Gasteiger partial charge is 0.322 e. The first kappa shape index (κ1) is 19.0. The summed E-state index contributed by atoms with van der Waals surface area (Å²) in [7, 11) is 0.857. The molecular weight excluding hydrogens is 338 g/mol. The first-order chi connectivity index (χ1) is 11.6. The number of nitrogens with one attached hydrogen (secondary N) is 1. The number of anilines is 2. The molecule has 0 aromatic heterocycles. The number of hydrogen-bond donors (Lipinski definition) is 1. The topological polar surface area (TPSA) is 69.7 Å². The van der Waals surface area contributed by atoms with E-state index in [0.29, 0.717) is 11.3 Å². The van der Waals surface area contributed by atoms with Gasteiger partial charge in [0.05, 0.1) is 5.69 Å². The Morgan fingerprint density at radius 3 is 1.92 bits per heavy atom. The molecule has 7 heteroatoms. The Morgan fingerprint density at radius 2 is 1.44 bits per heavy atom. The first-order valence-corrected chi connectivity index (χ1v) is 9.17. The lowest BCUT2D eigenvalue weighted by Crippen LogP contribution is -2.37. The van der Waals surface area contributed by atoms with Gasteiger partial charge in [0.25, 0.3) is 5.91 Å². The fourth-order valence-corrected chi connectivity index (χ4v) is 3.33. The van der Waals surface area contributed by atoms with Crippen molar-refractivity contribution in [3.63, 3.8) is 0 Å². The van der Waals surface area contributed by atoms with Gasteiger partial charge >= 0.3 is 10.2 Å². The molecule has 0 atom stereocenters. The van der Waals surface area contributed by atoms with Gasteiger partial charge in [-0.2, -0.15) is 12.7 Å². The van der Waals surface area contributed by atoms with Crippen LogP contribution in [-0.2, 0) is 10.2 Å². The van der Waals surface area contributed by atoms with Gasteiger partial charge in [-0.05, 0) is 61.4 Å². The molecule has 0 bridgehead atoms. The van der Waals surface area contributed by atoms with Gasteiger partial charge in [-0.3, -0.25) is 9.10 Å². The quantitative estimate of drug-likeness (QED) is 0.890. The van der Waals surface area contributed by atoms with Crippen molar-refractivity contribution < 1.29 is 13.2 Å². The van der Waals surface area contributed by atoms with Crippen molar-refractivity contribution in [1.29, 1.82) is 0 Å². The van der Waals surface area contributed by atoms with Crippen LogP contribution in [0, 0.1) is 13.8 Å². The standard InChI is InChI=1S/C18H23N3O3S/c1-13-10-14(2)12-16(11-13)19-18(22)15-6-8-17(9-7-15)21(5)25(23,24)20(3)4/h6-12H,1-5H3,(H,19,22). The number of aryl methyl sites for hydroxylation is 2. The molecule has 2 aromatic carbocycles. The Bertz CT molecular complexity index is 855. The number of amides is 1. The summed E-state index contributed by atoms with van der Waals surface area (Å²) in [6.45, 7) is 3.94. The Kier molecular flexibility index (Phi) is 5.49. The van der Waals surface area contributed by atoms with E-state index in [1.165, 1.54) is 25.4 Å². The maximum atomic E-state index is 12.4.